The van der Waals surface area contributed by atoms with Crippen LogP contribution in [-0.2, 0) is 6.54 Å². The lowest BCUT2D eigenvalue weighted by Crippen LogP contribution is -2.01. The second kappa shape index (κ2) is 5.59. The molecule has 0 aliphatic carbocycles. The van der Waals surface area contributed by atoms with E-state index in [1.807, 2.05) is 24.3 Å². The molecule has 0 bridgehead atoms. The largest absolute Gasteiger partial charge is 0.496 e. The lowest BCUT2D eigenvalue weighted by molar-refractivity contribution is 0.410. The average Bonchev–Trinajstić information content (AvgIpc) is 2.77. The first kappa shape index (κ1) is 12.5. The molecule has 0 spiro atoms. The number of nitrogen functional groups attached to an aromatic ring is 1. The fourth-order valence-corrected chi connectivity index (χ4v) is 2.31. The number of nitrogens with two attached hydrogens (primary N) is 1. The Balaban J connectivity index is 2.11. The van der Waals surface area contributed by atoms with Crippen molar-refractivity contribution >= 4 is 22.4 Å². The number of anilines is 2. The number of benzene rings is 1. The summed E-state index contributed by atoms with van der Waals surface area (Å²) >= 11 is 1.28. The van der Waals surface area contributed by atoms with E-state index >= 15 is 0 Å². The van der Waals surface area contributed by atoms with E-state index in [4.69, 9.17) is 15.2 Å². The van der Waals surface area contributed by atoms with Gasteiger partial charge in [-0.15, -0.1) is 0 Å². The van der Waals surface area contributed by atoms with Crippen molar-refractivity contribution in [3.05, 3.63) is 29.8 Å². The molecule has 1 aromatic heterocycles. The average molecular weight is 265 g/mol. The predicted octanol–water partition coefficient (Wildman–Crippen LogP) is 2.35. The molecular formula is C12H15N3O2S. The van der Waals surface area contributed by atoms with E-state index in [9.17, 15) is 0 Å². The molecule has 2 rings (SSSR count). The third-order valence-corrected chi connectivity index (χ3v) is 3.31. The van der Waals surface area contributed by atoms with Gasteiger partial charge < -0.3 is 20.5 Å². The molecule has 1 heterocycles. The molecule has 5 nitrogen and oxygen atoms in total. The smallest absolute Gasteiger partial charge is 0.197 e. The third kappa shape index (κ3) is 2.48. The quantitative estimate of drug-likeness (QED) is 0.868. The number of nitrogens with zero attached hydrogens (tertiary/aromatic N) is 1. The van der Waals surface area contributed by atoms with Gasteiger partial charge in [-0.3, -0.25) is 0 Å². The number of hydrogen-bond donors (Lipinski definition) is 2. The van der Waals surface area contributed by atoms with Crippen molar-refractivity contribution in [3.63, 3.8) is 0 Å². The molecular weight excluding hydrogens is 250 g/mol. The number of para-hydroxylation sites is 1. The topological polar surface area (TPSA) is 69.4 Å². The van der Waals surface area contributed by atoms with Gasteiger partial charge in [0.15, 0.2) is 16.6 Å². The highest BCUT2D eigenvalue weighted by atomic mass is 32.1. The van der Waals surface area contributed by atoms with Crippen LogP contribution in [0.5, 0.6) is 11.5 Å². The van der Waals surface area contributed by atoms with Crippen LogP contribution in [0, 0.1) is 0 Å². The van der Waals surface area contributed by atoms with Gasteiger partial charge in [0.05, 0.1) is 14.2 Å². The summed E-state index contributed by atoms with van der Waals surface area (Å²) in [6, 6.07) is 7.84. The summed E-state index contributed by atoms with van der Waals surface area (Å²) in [5, 5.41) is 4.07. The lowest BCUT2D eigenvalue weighted by Gasteiger charge is -2.09. The van der Waals surface area contributed by atoms with Crippen LogP contribution < -0.4 is 20.5 Å². The third-order valence-electron chi connectivity index (χ3n) is 2.51. The molecule has 2 aromatic rings. The first-order valence-electron chi connectivity index (χ1n) is 5.41. The molecule has 0 aliphatic heterocycles. The van der Waals surface area contributed by atoms with E-state index in [0.717, 1.165) is 16.3 Å². The number of hydrogen-bond acceptors (Lipinski definition) is 6. The van der Waals surface area contributed by atoms with Crippen LogP contribution in [0.25, 0.3) is 0 Å². The van der Waals surface area contributed by atoms with Crippen molar-refractivity contribution in [1.29, 1.82) is 0 Å². The van der Waals surface area contributed by atoms with E-state index in [2.05, 4.69) is 9.69 Å². The number of ether oxygens (including phenoxy) is 2. The first-order valence-corrected chi connectivity index (χ1v) is 6.18. The zero-order valence-electron chi connectivity index (χ0n) is 10.3. The zero-order valence-corrected chi connectivity index (χ0v) is 11.1. The summed E-state index contributed by atoms with van der Waals surface area (Å²) in [4.78, 5) is 0. The molecule has 1 aromatic carbocycles. The molecule has 0 atom stereocenters. The van der Waals surface area contributed by atoms with Crippen LogP contribution >= 0.6 is 11.5 Å². The van der Waals surface area contributed by atoms with Crippen LogP contribution in [0.1, 0.15) is 5.56 Å². The SMILES string of the molecule is COc1ccccc1CNc1snc(N)c1OC. The van der Waals surface area contributed by atoms with Crippen molar-refractivity contribution in [2.24, 2.45) is 0 Å². The summed E-state index contributed by atoms with van der Waals surface area (Å²) in [5.74, 6) is 1.85. The number of nitrogens with one attached hydrogen (secondary N) is 1. The highest BCUT2D eigenvalue weighted by Crippen LogP contribution is 2.35. The van der Waals surface area contributed by atoms with E-state index in [1.54, 1.807) is 14.2 Å². The summed E-state index contributed by atoms with van der Waals surface area (Å²) in [6.07, 6.45) is 0. The summed E-state index contributed by atoms with van der Waals surface area (Å²) in [6.45, 7) is 0.627. The van der Waals surface area contributed by atoms with Crippen molar-refractivity contribution in [2.45, 2.75) is 6.54 Å². The molecule has 0 radical (unpaired) electrons. The Kier molecular flexibility index (Phi) is 3.88. The van der Waals surface area contributed by atoms with Gasteiger partial charge in [0.25, 0.3) is 0 Å². The van der Waals surface area contributed by atoms with Crippen LogP contribution in [0.3, 0.4) is 0 Å². The molecule has 6 heteroatoms. The van der Waals surface area contributed by atoms with Gasteiger partial charge in [0, 0.05) is 12.1 Å². The summed E-state index contributed by atoms with van der Waals surface area (Å²) < 4.78 is 14.5. The van der Waals surface area contributed by atoms with Crippen LogP contribution in [0.4, 0.5) is 10.8 Å². The minimum Gasteiger partial charge on any atom is -0.496 e. The normalized spacial score (nSPS) is 10.1. The standard InChI is InChI=1S/C12H15N3O2S/c1-16-9-6-4-3-5-8(9)7-14-12-10(17-2)11(13)15-18-12/h3-6,14H,7H2,1-2H3,(H2,13,15). The number of methoxy groups -OCH3 is 2. The Bertz CT molecular complexity index is 528. The maximum absolute atomic E-state index is 5.69. The maximum Gasteiger partial charge on any atom is 0.197 e. The molecule has 0 unspecified atom stereocenters. The van der Waals surface area contributed by atoms with Gasteiger partial charge in [-0.25, -0.2) is 0 Å². The van der Waals surface area contributed by atoms with Gasteiger partial charge in [-0.1, -0.05) is 18.2 Å². The fourth-order valence-electron chi connectivity index (χ4n) is 1.63. The van der Waals surface area contributed by atoms with Gasteiger partial charge in [-0.05, 0) is 17.6 Å². The van der Waals surface area contributed by atoms with Crippen molar-refractivity contribution in [1.82, 2.24) is 4.37 Å². The Hall–Kier alpha value is -1.95. The van der Waals surface area contributed by atoms with E-state index < -0.39 is 0 Å². The Labute approximate surface area is 110 Å². The fraction of sp³-hybridized carbons (Fsp3) is 0.250. The Morgan fingerprint density at radius 1 is 1.28 bits per heavy atom. The monoisotopic (exact) mass is 265 g/mol. The predicted molar refractivity (Wildman–Crippen MR) is 73.4 cm³/mol. The minimum atomic E-state index is 0.407. The first-order chi connectivity index (χ1) is 8.76. The second-order valence-corrected chi connectivity index (χ2v) is 4.37. The molecule has 3 N–H and O–H groups in total. The molecule has 18 heavy (non-hydrogen) atoms. The Morgan fingerprint density at radius 3 is 2.78 bits per heavy atom. The summed E-state index contributed by atoms with van der Waals surface area (Å²) in [5.41, 5.74) is 6.75. The number of rotatable bonds is 5. The second-order valence-electron chi connectivity index (χ2n) is 3.60. The summed E-state index contributed by atoms with van der Waals surface area (Å²) in [7, 11) is 3.23. The van der Waals surface area contributed by atoms with Crippen molar-refractivity contribution in [2.75, 3.05) is 25.3 Å². The van der Waals surface area contributed by atoms with Crippen LogP contribution in [0.2, 0.25) is 0 Å². The molecule has 0 amide bonds. The van der Waals surface area contributed by atoms with Gasteiger partial charge >= 0.3 is 0 Å². The van der Waals surface area contributed by atoms with E-state index in [0.29, 0.717) is 18.1 Å². The molecule has 0 saturated heterocycles. The molecule has 96 valence electrons. The van der Waals surface area contributed by atoms with Crippen molar-refractivity contribution in [3.8, 4) is 11.5 Å². The highest BCUT2D eigenvalue weighted by molar-refractivity contribution is 7.11. The van der Waals surface area contributed by atoms with E-state index in [-0.39, 0.29) is 0 Å². The maximum atomic E-state index is 5.69. The van der Waals surface area contributed by atoms with Crippen molar-refractivity contribution < 1.29 is 9.47 Å². The molecule has 0 saturated carbocycles. The van der Waals surface area contributed by atoms with E-state index in [1.165, 1.54) is 11.5 Å². The van der Waals surface area contributed by atoms with Gasteiger partial charge in [-0.2, -0.15) is 4.37 Å². The molecule has 0 fully saturated rings. The van der Waals surface area contributed by atoms with Gasteiger partial charge in [0.2, 0.25) is 0 Å². The van der Waals surface area contributed by atoms with Crippen LogP contribution in [-0.4, -0.2) is 18.6 Å². The van der Waals surface area contributed by atoms with Crippen LogP contribution in [0.15, 0.2) is 24.3 Å². The zero-order chi connectivity index (χ0) is 13.0. The Morgan fingerprint density at radius 2 is 2.06 bits per heavy atom. The minimum absolute atomic E-state index is 0.407. The highest BCUT2D eigenvalue weighted by Gasteiger charge is 2.12. The lowest BCUT2D eigenvalue weighted by atomic mass is 10.2. The van der Waals surface area contributed by atoms with Gasteiger partial charge in [0.1, 0.15) is 5.75 Å². The molecule has 0 aliphatic rings. The number of aromatic nitrogens is 1.